The van der Waals surface area contributed by atoms with Crippen LogP contribution in [-0.4, -0.2) is 11.6 Å². The van der Waals surface area contributed by atoms with Gasteiger partial charge in [0.25, 0.3) is 0 Å². The maximum absolute atomic E-state index is 9.13. The SMILES string of the molecule is CCC(C)NC(C)(C#N)CCC(C)C. The third kappa shape index (κ3) is 5.24. The molecule has 0 amide bonds. The van der Waals surface area contributed by atoms with Gasteiger partial charge in [-0.3, -0.25) is 5.32 Å². The number of hydrogen-bond acceptors (Lipinski definition) is 2. The van der Waals surface area contributed by atoms with Gasteiger partial charge in [-0.25, -0.2) is 0 Å². The molecule has 0 radical (unpaired) electrons. The van der Waals surface area contributed by atoms with Gasteiger partial charge in [0.2, 0.25) is 0 Å². The summed E-state index contributed by atoms with van der Waals surface area (Å²) in [6, 6.07) is 2.81. The van der Waals surface area contributed by atoms with Gasteiger partial charge in [0.15, 0.2) is 0 Å². The van der Waals surface area contributed by atoms with E-state index in [1.807, 2.05) is 6.92 Å². The monoisotopic (exact) mass is 196 g/mol. The second kappa shape index (κ2) is 6.03. The fourth-order valence-corrected chi connectivity index (χ4v) is 1.38. The van der Waals surface area contributed by atoms with Crippen molar-refractivity contribution in [2.24, 2.45) is 5.92 Å². The molecule has 0 aromatic heterocycles. The summed E-state index contributed by atoms with van der Waals surface area (Å²) in [6.45, 7) is 10.7. The molecule has 1 N–H and O–H groups in total. The van der Waals surface area contributed by atoms with Gasteiger partial charge in [-0.05, 0) is 39.0 Å². The topological polar surface area (TPSA) is 35.8 Å². The van der Waals surface area contributed by atoms with Crippen LogP contribution in [0.5, 0.6) is 0 Å². The summed E-state index contributed by atoms with van der Waals surface area (Å²) < 4.78 is 0. The molecule has 2 heteroatoms. The van der Waals surface area contributed by atoms with Gasteiger partial charge in [-0.1, -0.05) is 20.8 Å². The predicted octanol–water partition coefficient (Wildman–Crippen LogP) is 3.09. The third-order valence-corrected chi connectivity index (χ3v) is 2.65. The molecule has 2 atom stereocenters. The molecule has 0 aliphatic carbocycles. The van der Waals surface area contributed by atoms with Crippen LogP contribution in [0.4, 0.5) is 0 Å². The number of nitriles is 1. The van der Waals surface area contributed by atoms with Gasteiger partial charge in [0.1, 0.15) is 5.54 Å². The highest BCUT2D eigenvalue weighted by molar-refractivity contribution is 5.04. The van der Waals surface area contributed by atoms with E-state index in [9.17, 15) is 0 Å². The molecule has 0 spiro atoms. The molecule has 0 aliphatic rings. The van der Waals surface area contributed by atoms with Crippen LogP contribution < -0.4 is 5.32 Å². The Hall–Kier alpha value is -0.550. The lowest BCUT2D eigenvalue weighted by atomic mass is 9.92. The first-order valence-electron chi connectivity index (χ1n) is 5.62. The van der Waals surface area contributed by atoms with Crippen LogP contribution in [0, 0.1) is 17.2 Å². The molecule has 0 heterocycles. The fraction of sp³-hybridized carbons (Fsp3) is 0.917. The van der Waals surface area contributed by atoms with E-state index in [1.54, 1.807) is 0 Å². The van der Waals surface area contributed by atoms with Crippen LogP contribution >= 0.6 is 0 Å². The lowest BCUT2D eigenvalue weighted by Crippen LogP contribution is -2.46. The normalized spacial score (nSPS) is 17.5. The molecule has 0 aromatic carbocycles. The van der Waals surface area contributed by atoms with Gasteiger partial charge in [-0.15, -0.1) is 0 Å². The molecule has 0 rings (SSSR count). The molecule has 0 saturated heterocycles. The van der Waals surface area contributed by atoms with E-state index in [4.69, 9.17) is 5.26 Å². The van der Waals surface area contributed by atoms with Crippen LogP contribution in [0.3, 0.4) is 0 Å². The van der Waals surface area contributed by atoms with Gasteiger partial charge in [-0.2, -0.15) is 5.26 Å². The minimum Gasteiger partial charge on any atom is -0.297 e. The molecule has 0 aromatic rings. The number of rotatable bonds is 6. The minimum absolute atomic E-state index is 0.348. The Morgan fingerprint density at radius 1 is 1.36 bits per heavy atom. The first-order valence-corrected chi connectivity index (χ1v) is 5.62. The average Bonchev–Trinajstić information content (AvgIpc) is 2.14. The second-order valence-corrected chi connectivity index (χ2v) is 4.83. The standard InChI is InChI=1S/C12H24N2/c1-6-11(4)14-12(5,9-13)8-7-10(2)3/h10-11,14H,6-8H2,1-5H3. The van der Waals surface area contributed by atoms with E-state index in [2.05, 4.69) is 39.1 Å². The molecular weight excluding hydrogens is 172 g/mol. The van der Waals surface area contributed by atoms with E-state index in [0.29, 0.717) is 12.0 Å². The maximum atomic E-state index is 9.13. The van der Waals surface area contributed by atoms with Crippen molar-refractivity contribution in [1.29, 1.82) is 5.26 Å². The van der Waals surface area contributed by atoms with Crippen LogP contribution in [0.1, 0.15) is 53.9 Å². The molecule has 2 unspecified atom stereocenters. The molecule has 0 bridgehead atoms. The highest BCUT2D eigenvalue weighted by atomic mass is 15.0. The van der Waals surface area contributed by atoms with E-state index in [0.717, 1.165) is 19.3 Å². The Balaban J connectivity index is 4.13. The van der Waals surface area contributed by atoms with Crippen molar-refractivity contribution in [1.82, 2.24) is 5.32 Å². The molecular formula is C12H24N2. The first-order chi connectivity index (χ1) is 6.43. The Kier molecular flexibility index (Phi) is 5.79. The Labute approximate surface area is 88.7 Å². The molecule has 82 valence electrons. The van der Waals surface area contributed by atoms with Crippen molar-refractivity contribution in [3.8, 4) is 6.07 Å². The van der Waals surface area contributed by atoms with Crippen LogP contribution in [0.2, 0.25) is 0 Å². The highest BCUT2D eigenvalue weighted by Gasteiger charge is 2.24. The van der Waals surface area contributed by atoms with E-state index in [-0.39, 0.29) is 5.54 Å². The zero-order valence-corrected chi connectivity index (χ0v) is 10.2. The lowest BCUT2D eigenvalue weighted by Gasteiger charge is -2.27. The largest absolute Gasteiger partial charge is 0.297 e. The van der Waals surface area contributed by atoms with Crippen molar-refractivity contribution < 1.29 is 0 Å². The predicted molar refractivity (Wildman–Crippen MR) is 61.0 cm³/mol. The van der Waals surface area contributed by atoms with Crippen LogP contribution in [-0.2, 0) is 0 Å². The highest BCUT2D eigenvalue weighted by Crippen LogP contribution is 2.16. The minimum atomic E-state index is -0.348. The Bertz CT molecular complexity index is 193. The number of hydrogen-bond donors (Lipinski definition) is 1. The maximum Gasteiger partial charge on any atom is 0.104 e. The zero-order chi connectivity index (χ0) is 11.2. The molecule has 0 fully saturated rings. The molecule has 0 saturated carbocycles. The number of nitrogens with zero attached hydrogens (tertiary/aromatic N) is 1. The van der Waals surface area contributed by atoms with Crippen molar-refractivity contribution >= 4 is 0 Å². The molecule has 0 aliphatic heterocycles. The van der Waals surface area contributed by atoms with Gasteiger partial charge in [0, 0.05) is 6.04 Å². The lowest BCUT2D eigenvalue weighted by molar-refractivity contribution is 0.339. The van der Waals surface area contributed by atoms with E-state index >= 15 is 0 Å². The van der Waals surface area contributed by atoms with Gasteiger partial charge in [0.05, 0.1) is 6.07 Å². The summed E-state index contributed by atoms with van der Waals surface area (Å²) in [6.07, 6.45) is 3.11. The number of nitrogens with one attached hydrogen (secondary N) is 1. The fourth-order valence-electron chi connectivity index (χ4n) is 1.38. The average molecular weight is 196 g/mol. The van der Waals surface area contributed by atoms with Gasteiger partial charge < -0.3 is 0 Å². The van der Waals surface area contributed by atoms with Crippen molar-refractivity contribution in [2.45, 2.75) is 65.5 Å². The second-order valence-electron chi connectivity index (χ2n) is 4.83. The molecule has 2 nitrogen and oxygen atoms in total. The smallest absolute Gasteiger partial charge is 0.104 e. The van der Waals surface area contributed by atoms with E-state index in [1.165, 1.54) is 0 Å². The van der Waals surface area contributed by atoms with Crippen molar-refractivity contribution in [3.05, 3.63) is 0 Å². The van der Waals surface area contributed by atoms with Crippen molar-refractivity contribution in [3.63, 3.8) is 0 Å². The van der Waals surface area contributed by atoms with Crippen LogP contribution in [0.25, 0.3) is 0 Å². The summed E-state index contributed by atoms with van der Waals surface area (Å²) in [5.41, 5.74) is -0.348. The summed E-state index contributed by atoms with van der Waals surface area (Å²) in [4.78, 5) is 0. The Morgan fingerprint density at radius 2 is 1.93 bits per heavy atom. The van der Waals surface area contributed by atoms with Crippen LogP contribution in [0.15, 0.2) is 0 Å². The Morgan fingerprint density at radius 3 is 2.29 bits per heavy atom. The van der Waals surface area contributed by atoms with E-state index < -0.39 is 0 Å². The zero-order valence-electron chi connectivity index (χ0n) is 10.2. The molecule has 14 heavy (non-hydrogen) atoms. The van der Waals surface area contributed by atoms with Crippen molar-refractivity contribution in [2.75, 3.05) is 0 Å². The summed E-state index contributed by atoms with van der Waals surface area (Å²) in [7, 11) is 0. The van der Waals surface area contributed by atoms with Gasteiger partial charge >= 0.3 is 0 Å². The summed E-state index contributed by atoms with van der Waals surface area (Å²) in [5.74, 6) is 0.668. The summed E-state index contributed by atoms with van der Waals surface area (Å²) >= 11 is 0. The first kappa shape index (κ1) is 13.4. The third-order valence-electron chi connectivity index (χ3n) is 2.65. The quantitative estimate of drug-likeness (QED) is 0.708. The summed E-state index contributed by atoms with van der Waals surface area (Å²) in [5, 5.41) is 12.5.